The highest BCUT2D eigenvalue weighted by Crippen LogP contribution is 2.29. The highest BCUT2D eigenvalue weighted by atomic mass is 32.2. The summed E-state index contributed by atoms with van der Waals surface area (Å²) < 4.78 is 1.07. The van der Waals surface area contributed by atoms with Gasteiger partial charge in [0.15, 0.2) is 5.78 Å². The monoisotopic (exact) mass is 284 g/mol. The first-order valence-electron chi connectivity index (χ1n) is 5.95. The molecule has 1 heterocycles. The van der Waals surface area contributed by atoms with E-state index in [1.807, 2.05) is 54.1 Å². The van der Waals surface area contributed by atoms with Crippen LogP contribution in [0.3, 0.4) is 0 Å². The van der Waals surface area contributed by atoms with Crippen LogP contribution in [0.4, 0.5) is 0 Å². The van der Waals surface area contributed by atoms with Gasteiger partial charge in [-0.05, 0) is 41.3 Å². The van der Waals surface area contributed by atoms with Crippen molar-refractivity contribution in [3.05, 3.63) is 65.0 Å². The third-order valence-corrected chi connectivity index (χ3v) is 4.83. The molecule has 2 aromatic carbocycles. The minimum Gasteiger partial charge on any atom is -0.289 e. The van der Waals surface area contributed by atoms with Gasteiger partial charge in [0, 0.05) is 20.7 Å². The summed E-state index contributed by atoms with van der Waals surface area (Å²) in [4.78, 5) is 13.8. The summed E-state index contributed by atoms with van der Waals surface area (Å²) in [6.45, 7) is 0. The van der Waals surface area contributed by atoms with E-state index >= 15 is 0 Å². The number of carbonyl (C=O) groups is 1. The van der Waals surface area contributed by atoms with Crippen molar-refractivity contribution in [1.82, 2.24) is 0 Å². The number of benzene rings is 2. The maximum Gasteiger partial charge on any atom is 0.195 e. The number of fused-ring (bicyclic) bond motifs is 1. The highest BCUT2D eigenvalue weighted by Gasteiger charge is 2.15. The number of thioether (sulfide) groups is 1. The van der Waals surface area contributed by atoms with E-state index in [0.717, 1.165) is 26.1 Å². The van der Waals surface area contributed by atoms with Crippen LogP contribution in [0.15, 0.2) is 58.8 Å². The smallest absolute Gasteiger partial charge is 0.195 e. The number of hydrogen-bond donors (Lipinski definition) is 0. The van der Waals surface area contributed by atoms with Crippen molar-refractivity contribution < 1.29 is 4.79 Å². The SMILES string of the molecule is CSc1ccccc1C(=O)c1cccc2ccsc12. The van der Waals surface area contributed by atoms with E-state index < -0.39 is 0 Å². The first-order chi connectivity index (χ1) is 9.31. The summed E-state index contributed by atoms with van der Waals surface area (Å²) in [5.41, 5.74) is 1.59. The molecular weight excluding hydrogens is 272 g/mol. The molecule has 0 unspecified atom stereocenters. The van der Waals surface area contributed by atoms with Gasteiger partial charge in [-0.25, -0.2) is 0 Å². The van der Waals surface area contributed by atoms with Gasteiger partial charge in [0.05, 0.1) is 0 Å². The van der Waals surface area contributed by atoms with Crippen molar-refractivity contribution in [2.75, 3.05) is 6.26 Å². The normalized spacial score (nSPS) is 10.8. The minimum atomic E-state index is 0.109. The molecule has 0 aliphatic carbocycles. The highest BCUT2D eigenvalue weighted by molar-refractivity contribution is 7.98. The maximum absolute atomic E-state index is 12.7. The lowest BCUT2D eigenvalue weighted by atomic mass is 10.0. The topological polar surface area (TPSA) is 17.1 Å². The third kappa shape index (κ3) is 2.20. The van der Waals surface area contributed by atoms with Gasteiger partial charge in [-0.15, -0.1) is 23.1 Å². The molecule has 0 spiro atoms. The number of thiophene rings is 1. The lowest BCUT2D eigenvalue weighted by Crippen LogP contribution is -2.02. The molecule has 0 saturated carbocycles. The Bertz CT molecular complexity index is 743. The van der Waals surface area contributed by atoms with E-state index in [4.69, 9.17) is 0 Å². The Morgan fingerprint density at radius 1 is 1.00 bits per heavy atom. The Morgan fingerprint density at radius 2 is 1.79 bits per heavy atom. The Hall–Kier alpha value is -1.58. The summed E-state index contributed by atoms with van der Waals surface area (Å²) in [5, 5.41) is 3.17. The summed E-state index contributed by atoms with van der Waals surface area (Å²) in [7, 11) is 0. The Balaban J connectivity index is 2.16. The Kier molecular flexibility index (Phi) is 3.40. The summed E-state index contributed by atoms with van der Waals surface area (Å²) in [6.07, 6.45) is 2.00. The lowest BCUT2D eigenvalue weighted by molar-refractivity contribution is 0.103. The van der Waals surface area contributed by atoms with Gasteiger partial charge in [0.2, 0.25) is 0 Å². The van der Waals surface area contributed by atoms with Crippen molar-refractivity contribution in [3.63, 3.8) is 0 Å². The molecule has 19 heavy (non-hydrogen) atoms. The Labute approximate surface area is 120 Å². The number of ketones is 1. The van der Waals surface area contributed by atoms with Crippen molar-refractivity contribution >= 4 is 39.0 Å². The van der Waals surface area contributed by atoms with Crippen LogP contribution in [0.25, 0.3) is 10.1 Å². The molecule has 0 N–H and O–H groups in total. The Morgan fingerprint density at radius 3 is 2.63 bits per heavy atom. The van der Waals surface area contributed by atoms with Crippen LogP contribution in [-0.4, -0.2) is 12.0 Å². The molecule has 0 aliphatic rings. The van der Waals surface area contributed by atoms with E-state index in [2.05, 4.69) is 6.07 Å². The summed E-state index contributed by atoms with van der Waals surface area (Å²) >= 11 is 3.23. The van der Waals surface area contributed by atoms with Crippen LogP contribution in [0.5, 0.6) is 0 Å². The fraction of sp³-hybridized carbons (Fsp3) is 0.0625. The average Bonchev–Trinajstić information content (AvgIpc) is 2.94. The van der Waals surface area contributed by atoms with Gasteiger partial charge >= 0.3 is 0 Å². The molecule has 0 aliphatic heterocycles. The molecule has 3 rings (SSSR count). The van der Waals surface area contributed by atoms with Crippen molar-refractivity contribution in [2.24, 2.45) is 0 Å². The second kappa shape index (κ2) is 5.19. The van der Waals surface area contributed by atoms with Crippen LogP contribution >= 0.6 is 23.1 Å². The van der Waals surface area contributed by atoms with E-state index in [-0.39, 0.29) is 5.78 Å². The molecule has 1 aromatic heterocycles. The zero-order chi connectivity index (χ0) is 13.2. The maximum atomic E-state index is 12.7. The van der Waals surface area contributed by atoms with E-state index in [1.165, 1.54) is 0 Å². The van der Waals surface area contributed by atoms with Gasteiger partial charge in [0.25, 0.3) is 0 Å². The van der Waals surface area contributed by atoms with E-state index in [9.17, 15) is 4.79 Å². The number of hydrogen-bond acceptors (Lipinski definition) is 3. The predicted octanol–water partition coefficient (Wildman–Crippen LogP) is 4.85. The molecule has 0 fully saturated rings. The molecule has 94 valence electrons. The quantitative estimate of drug-likeness (QED) is 0.505. The molecule has 3 aromatic rings. The zero-order valence-corrected chi connectivity index (χ0v) is 12.1. The first kappa shape index (κ1) is 12.5. The van der Waals surface area contributed by atoms with Gasteiger partial charge < -0.3 is 0 Å². The second-order valence-electron chi connectivity index (χ2n) is 4.17. The zero-order valence-electron chi connectivity index (χ0n) is 10.4. The van der Waals surface area contributed by atoms with Crippen LogP contribution in [0.2, 0.25) is 0 Å². The average molecular weight is 284 g/mol. The van der Waals surface area contributed by atoms with E-state index in [0.29, 0.717) is 0 Å². The fourth-order valence-corrected chi connectivity index (χ4v) is 3.66. The predicted molar refractivity (Wildman–Crippen MR) is 83.5 cm³/mol. The molecule has 1 nitrogen and oxygen atoms in total. The largest absolute Gasteiger partial charge is 0.289 e. The van der Waals surface area contributed by atoms with Gasteiger partial charge in [-0.3, -0.25) is 4.79 Å². The summed E-state index contributed by atoms with van der Waals surface area (Å²) in [5.74, 6) is 0.109. The van der Waals surface area contributed by atoms with Crippen LogP contribution in [0, 0.1) is 0 Å². The van der Waals surface area contributed by atoms with Gasteiger partial charge in [-0.2, -0.15) is 0 Å². The molecule has 3 heteroatoms. The third-order valence-electron chi connectivity index (χ3n) is 3.08. The molecule has 0 saturated heterocycles. The standard InChI is InChI=1S/C16H12OS2/c1-18-14-8-3-2-6-12(14)15(17)13-7-4-5-11-9-10-19-16(11)13/h2-10H,1H3. The summed E-state index contributed by atoms with van der Waals surface area (Å²) in [6, 6.07) is 15.7. The van der Waals surface area contributed by atoms with Crippen molar-refractivity contribution in [3.8, 4) is 0 Å². The van der Waals surface area contributed by atoms with Crippen LogP contribution < -0.4 is 0 Å². The molecule has 0 bridgehead atoms. The van der Waals surface area contributed by atoms with Crippen molar-refractivity contribution in [2.45, 2.75) is 4.90 Å². The van der Waals surface area contributed by atoms with E-state index in [1.54, 1.807) is 23.1 Å². The second-order valence-corrected chi connectivity index (χ2v) is 5.94. The number of carbonyl (C=O) groups excluding carboxylic acids is 1. The van der Waals surface area contributed by atoms with Crippen molar-refractivity contribution in [1.29, 1.82) is 0 Å². The van der Waals surface area contributed by atoms with Crippen LogP contribution in [-0.2, 0) is 0 Å². The minimum absolute atomic E-state index is 0.109. The molecule has 0 radical (unpaired) electrons. The fourth-order valence-electron chi connectivity index (χ4n) is 2.15. The van der Waals surface area contributed by atoms with Crippen LogP contribution in [0.1, 0.15) is 15.9 Å². The molecular formula is C16H12OS2. The first-order valence-corrected chi connectivity index (χ1v) is 8.05. The van der Waals surface area contributed by atoms with Gasteiger partial charge in [-0.1, -0.05) is 24.3 Å². The molecule has 0 amide bonds. The molecule has 0 atom stereocenters. The van der Waals surface area contributed by atoms with Gasteiger partial charge in [0.1, 0.15) is 0 Å². The number of rotatable bonds is 3. The lowest BCUT2D eigenvalue weighted by Gasteiger charge is -2.07.